The maximum Gasteiger partial charge on any atom is 0.264 e. The Bertz CT molecular complexity index is 3780. The highest BCUT2D eigenvalue weighted by molar-refractivity contribution is 7.33. The molecule has 1 saturated carbocycles. The molecule has 408 valence electrons. The van der Waals surface area contributed by atoms with Crippen LogP contribution in [0.5, 0.6) is 0 Å². The number of anilines is 6. The molecule has 2 bridgehead atoms. The van der Waals surface area contributed by atoms with Crippen molar-refractivity contribution < 1.29 is 0 Å². The summed E-state index contributed by atoms with van der Waals surface area (Å²) >= 11 is 2.13. The summed E-state index contributed by atoms with van der Waals surface area (Å²) < 4.78 is 2.97. The van der Waals surface area contributed by atoms with Crippen LogP contribution in [0.15, 0.2) is 91.0 Å². The first-order valence-corrected chi connectivity index (χ1v) is 31.7. The van der Waals surface area contributed by atoms with Gasteiger partial charge in [0.25, 0.3) is 6.71 Å². The number of hydrogen-bond acceptors (Lipinski definition) is 3. The van der Waals surface area contributed by atoms with E-state index < -0.39 is 0 Å². The monoisotopic (exact) mass is 1060 g/mol. The summed E-state index contributed by atoms with van der Waals surface area (Å²) in [4.78, 5) is 5.64. The van der Waals surface area contributed by atoms with Gasteiger partial charge in [0.1, 0.15) is 0 Å². The Morgan fingerprint density at radius 3 is 1.54 bits per heavy atom. The van der Waals surface area contributed by atoms with Crippen LogP contribution in [0.3, 0.4) is 0 Å². The van der Waals surface area contributed by atoms with E-state index in [-0.39, 0.29) is 55.4 Å². The lowest BCUT2D eigenvalue weighted by Gasteiger charge is -2.52. The van der Waals surface area contributed by atoms with Crippen molar-refractivity contribution >= 4 is 78.0 Å². The molecule has 6 aromatic carbocycles. The number of benzene rings is 6. The van der Waals surface area contributed by atoms with Gasteiger partial charge < -0.3 is 9.80 Å². The topological polar surface area (TPSA) is 6.48 Å². The van der Waals surface area contributed by atoms with E-state index in [1.165, 1.54) is 168 Å². The predicted octanol–water partition coefficient (Wildman–Crippen LogP) is 19.4. The molecule has 0 saturated heterocycles. The van der Waals surface area contributed by atoms with Gasteiger partial charge in [-0.25, -0.2) is 0 Å². The second-order valence-corrected chi connectivity index (χ2v) is 33.4. The first-order chi connectivity index (χ1) is 36.8. The molecule has 3 heterocycles. The van der Waals surface area contributed by atoms with E-state index in [9.17, 15) is 0 Å². The second kappa shape index (κ2) is 16.1. The van der Waals surface area contributed by atoms with E-state index in [2.05, 4.69) is 237 Å². The smallest absolute Gasteiger partial charge is 0.264 e. The highest BCUT2D eigenvalue weighted by Gasteiger charge is 2.52. The molecule has 15 rings (SSSR count). The maximum absolute atomic E-state index is 2.83. The highest BCUT2D eigenvalue weighted by Crippen LogP contribution is 2.61. The minimum Gasteiger partial charge on any atom is -0.311 e. The van der Waals surface area contributed by atoms with E-state index in [0.717, 1.165) is 6.42 Å². The van der Waals surface area contributed by atoms with Gasteiger partial charge in [-0.05, 0) is 241 Å². The van der Waals surface area contributed by atoms with E-state index in [1.54, 1.807) is 16.7 Å². The number of aryl methyl sites for hydroxylation is 1. The molecular formula is C75H89BN2S. The van der Waals surface area contributed by atoms with Gasteiger partial charge in [0, 0.05) is 43.2 Å². The van der Waals surface area contributed by atoms with Crippen molar-refractivity contribution in [3.05, 3.63) is 147 Å². The second-order valence-electron chi connectivity index (χ2n) is 32.4. The van der Waals surface area contributed by atoms with Crippen LogP contribution in [0, 0.1) is 6.92 Å². The van der Waals surface area contributed by atoms with Gasteiger partial charge in [-0.2, -0.15) is 0 Å². The standard InChI is InChI=1S/C75H89BN2S/c1-44-37-59-64-60(38-44)78(57-26-25-50-63(73(15,16)32-31-69(50,7)8)62(57)45-19-21-46(22-20-45)67(2,3)4)58-42-53-52(71(11,12)29-30-72(53,13)14)41-56(58)76(64)66-65(77(59)47-23-24-49-51(39-47)70(9,10)28-27-68(49,5)6)48-40-54-55(43-61(48)79-66)75(18)35-33-74(54,17)34-36-75/h19-26,37-43H,27-36H2,1-18H3. The van der Waals surface area contributed by atoms with Crippen molar-refractivity contribution in [3.63, 3.8) is 0 Å². The Kier molecular flexibility index (Phi) is 10.6. The Morgan fingerprint density at radius 2 is 0.949 bits per heavy atom. The molecule has 0 spiro atoms. The first kappa shape index (κ1) is 52.0. The lowest BCUT2D eigenvalue weighted by Crippen LogP contribution is -2.61. The van der Waals surface area contributed by atoms with E-state index in [4.69, 9.17) is 0 Å². The minimum atomic E-state index is -0.0295. The van der Waals surface area contributed by atoms with Crippen LogP contribution in [-0.4, -0.2) is 6.71 Å². The fraction of sp³-hybridized carbons (Fsp3) is 0.493. The summed E-state index contributed by atoms with van der Waals surface area (Å²) in [6, 6.07) is 38.9. The molecule has 6 aliphatic carbocycles. The summed E-state index contributed by atoms with van der Waals surface area (Å²) in [5.74, 6) is 0. The highest BCUT2D eigenvalue weighted by atomic mass is 32.1. The molecule has 2 aliphatic heterocycles. The lowest BCUT2D eigenvalue weighted by atomic mass is 9.35. The summed E-state index contributed by atoms with van der Waals surface area (Å²) in [6.07, 6.45) is 12.2. The van der Waals surface area contributed by atoms with Gasteiger partial charge in [-0.15, -0.1) is 11.3 Å². The van der Waals surface area contributed by atoms with Crippen molar-refractivity contribution in [1.82, 2.24) is 0 Å². The van der Waals surface area contributed by atoms with Crippen LogP contribution in [0.2, 0.25) is 0 Å². The van der Waals surface area contributed by atoms with Gasteiger partial charge >= 0.3 is 0 Å². The van der Waals surface area contributed by atoms with Crippen molar-refractivity contribution in [1.29, 1.82) is 0 Å². The van der Waals surface area contributed by atoms with E-state index in [1.807, 2.05) is 0 Å². The van der Waals surface area contributed by atoms with Crippen molar-refractivity contribution in [2.75, 3.05) is 9.80 Å². The van der Waals surface area contributed by atoms with Crippen LogP contribution in [-0.2, 0) is 48.7 Å². The third-order valence-corrected chi connectivity index (χ3v) is 24.2. The lowest BCUT2D eigenvalue weighted by molar-refractivity contribution is 0.188. The molecule has 1 aromatic heterocycles. The van der Waals surface area contributed by atoms with E-state index >= 15 is 0 Å². The molecule has 7 aromatic rings. The molecule has 0 amide bonds. The Hall–Kier alpha value is -5.06. The van der Waals surface area contributed by atoms with Crippen molar-refractivity contribution in [2.24, 2.45) is 0 Å². The first-order valence-electron chi connectivity index (χ1n) is 30.8. The SMILES string of the molecule is Cc1cc2c3c(c1)N(c1ccc4c(c1)C(C)(C)CCC4(C)C)c1c(sc4cc5c(cc14)C1(C)CCC5(C)CC1)B3c1cc3c(cc1N2c1ccc2c(c1-c1ccc(C(C)(C)C)cc1)C(C)(C)CCC2(C)C)C(C)(C)CCC3(C)C. The number of thiophene rings is 1. The van der Waals surface area contributed by atoms with Crippen LogP contribution < -0.4 is 25.5 Å². The van der Waals surface area contributed by atoms with Crippen molar-refractivity contribution in [2.45, 2.75) is 238 Å². The van der Waals surface area contributed by atoms with Gasteiger partial charge in [-0.1, -0.05) is 160 Å². The molecule has 2 nitrogen and oxygen atoms in total. The van der Waals surface area contributed by atoms with Gasteiger partial charge in [-0.3, -0.25) is 0 Å². The van der Waals surface area contributed by atoms with Crippen LogP contribution in [0.1, 0.15) is 238 Å². The molecule has 8 aliphatic rings. The fourth-order valence-corrected chi connectivity index (χ4v) is 18.6. The van der Waals surface area contributed by atoms with Crippen molar-refractivity contribution in [3.8, 4) is 11.1 Å². The number of hydrogen-bond donors (Lipinski definition) is 0. The molecule has 0 unspecified atom stereocenters. The zero-order valence-electron chi connectivity index (χ0n) is 51.6. The number of fused-ring (bicyclic) bond motifs is 11. The minimum absolute atomic E-state index is 0.0295. The van der Waals surface area contributed by atoms with Crippen LogP contribution >= 0.6 is 11.3 Å². The van der Waals surface area contributed by atoms with Gasteiger partial charge in [0.05, 0.1) is 11.4 Å². The molecule has 0 radical (unpaired) electrons. The molecule has 79 heavy (non-hydrogen) atoms. The fourth-order valence-electron chi connectivity index (χ4n) is 17.2. The number of nitrogens with zero attached hydrogens (tertiary/aromatic N) is 2. The third kappa shape index (κ3) is 7.32. The van der Waals surface area contributed by atoms with E-state index in [0.29, 0.717) is 0 Å². The normalized spacial score (nSPS) is 24.7. The molecule has 0 atom stereocenters. The average molecular weight is 1060 g/mol. The molecule has 4 heteroatoms. The zero-order valence-corrected chi connectivity index (χ0v) is 52.4. The quantitative estimate of drug-likeness (QED) is 0.163. The Morgan fingerprint density at radius 1 is 0.443 bits per heavy atom. The molecular weight excluding hydrogens is 972 g/mol. The average Bonchev–Trinajstić information content (AvgIpc) is 2.91. The summed E-state index contributed by atoms with van der Waals surface area (Å²) in [6.45, 7) is 44.9. The molecule has 1 fully saturated rings. The Labute approximate surface area is 480 Å². The summed E-state index contributed by atoms with van der Waals surface area (Å²) in [5, 5.41) is 1.45. The number of rotatable bonds is 3. The summed E-state index contributed by atoms with van der Waals surface area (Å²) in [5.41, 5.74) is 29.6. The largest absolute Gasteiger partial charge is 0.311 e. The van der Waals surface area contributed by atoms with Crippen LogP contribution in [0.25, 0.3) is 21.2 Å². The molecule has 0 N–H and O–H groups in total. The maximum atomic E-state index is 2.83. The van der Waals surface area contributed by atoms with Gasteiger partial charge in [0.2, 0.25) is 0 Å². The summed E-state index contributed by atoms with van der Waals surface area (Å²) in [7, 11) is 0. The van der Waals surface area contributed by atoms with Crippen LogP contribution in [0.4, 0.5) is 34.1 Å². The van der Waals surface area contributed by atoms with Gasteiger partial charge in [0.15, 0.2) is 0 Å². The Balaban J connectivity index is 1.13. The third-order valence-electron chi connectivity index (χ3n) is 23.0. The zero-order chi connectivity index (χ0) is 55.9. The predicted molar refractivity (Wildman–Crippen MR) is 344 cm³/mol.